The Morgan fingerprint density at radius 3 is 2.13 bits per heavy atom. The van der Waals surface area contributed by atoms with Crippen molar-refractivity contribution in [1.82, 2.24) is 25.8 Å². The van der Waals surface area contributed by atoms with Crippen LogP contribution < -0.4 is 16.0 Å². The van der Waals surface area contributed by atoms with Gasteiger partial charge in [0, 0.05) is 32.0 Å². The van der Waals surface area contributed by atoms with Crippen molar-refractivity contribution in [3.63, 3.8) is 0 Å². The van der Waals surface area contributed by atoms with Gasteiger partial charge in [0.15, 0.2) is 6.10 Å². The molecule has 16 heteroatoms. The number of hydrogen-bond donors (Lipinski definition) is 3. The molecule has 0 saturated heterocycles. The minimum Gasteiger partial charge on any atom is -0.456 e. The molecule has 0 radical (unpaired) electrons. The van der Waals surface area contributed by atoms with Crippen LogP contribution in [0.1, 0.15) is 94.1 Å². The lowest BCUT2D eigenvalue weighted by molar-refractivity contribution is -0.155. The molecule has 5 amide bonds. The molecule has 1 aromatic rings. The standard InChI is InChI=1S/C46H71N5O10S/c1-14-28(5)39-42(54)48-33(10)46(58)61-40(29(6)15-2)31(8)36(59-26-62-13)22-21-30(7)45(57)60-37(23-27(3)4)41(53)47-32(9)43(55)51(12)35(24-34-19-17-16-18-20-34)44(56)50(11)25-38(52)49-39/h15-21,27-28,31-33,35-37,39-40H,14,22-26H2,1-13H3,(H,47,53)(H,48,54)(H,49,52)/b29-15+,30-21+/t28?,31-,32-,33+,35+,36-,37+,39-,40+/m0/s1. The Balaban J connectivity index is 2.68. The van der Waals surface area contributed by atoms with Crippen molar-refractivity contribution >= 4 is 53.2 Å². The largest absolute Gasteiger partial charge is 0.456 e. The van der Waals surface area contributed by atoms with Gasteiger partial charge in [-0.05, 0) is 76.7 Å². The van der Waals surface area contributed by atoms with Gasteiger partial charge in [0.1, 0.15) is 30.3 Å². The number of amides is 5. The molecule has 0 saturated carbocycles. The number of nitrogens with one attached hydrogen (secondary N) is 3. The Morgan fingerprint density at radius 2 is 1.55 bits per heavy atom. The molecule has 15 nitrogen and oxygen atoms in total. The van der Waals surface area contributed by atoms with E-state index >= 15 is 0 Å². The van der Waals surface area contributed by atoms with Crippen molar-refractivity contribution in [3.05, 3.63) is 59.2 Å². The predicted octanol–water partition coefficient (Wildman–Crippen LogP) is 4.58. The lowest BCUT2D eigenvalue weighted by Gasteiger charge is -2.33. The van der Waals surface area contributed by atoms with Gasteiger partial charge in [-0.1, -0.05) is 83.5 Å². The molecular weight excluding hydrogens is 815 g/mol. The average Bonchev–Trinajstić information content (AvgIpc) is 3.24. The van der Waals surface area contributed by atoms with E-state index in [-0.39, 0.29) is 36.7 Å². The molecule has 1 unspecified atom stereocenters. The maximum absolute atomic E-state index is 14.2. The minimum atomic E-state index is -1.23. The van der Waals surface area contributed by atoms with Gasteiger partial charge in [-0.25, -0.2) is 9.59 Å². The van der Waals surface area contributed by atoms with E-state index in [1.54, 1.807) is 32.1 Å². The average molecular weight is 886 g/mol. The monoisotopic (exact) mass is 885 g/mol. The number of benzene rings is 1. The number of thioether (sulfide) groups is 1. The number of cyclic esters (lactones) is 2. The topological polar surface area (TPSA) is 190 Å². The number of carbonyl (C=O) groups is 7. The smallest absolute Gasteiger partial charge is 0.334 e. The molecule has 62 heavy (non-hydrogen) atoms. The fourth-order valence-electron chi connectivity index (χ4n) is 6.91. The molecule has 1 aliphatic rings. The number of allylic oxidation sites excluding steroid dienone is 1. The Kier molecular flexibility index (Phi) is 22.5. The normalized spacial score (nSPS) is 28.0. The summed E-state index contributed by atoms with van der Waals surface area (Å²) in [7, 11) is 2.88. The maximum atomic E-state index is 14.2. The van der Waals surface area contributed by atoms with E-state index < -0.39 is 96.4 Å². The van der Waals surface area contributed by atoms with Crippen LogP contribution in [-0.2, 0) is 54.2 Å². The van der Waals surface area contributed by atoms with Crippen LogP contribution in [0.3, 0.4) is 0 Å². The van der Waals surface area contributed by atoms with Gasteiger partial charge in [-0.15, -0.1) is 11.8 Å². The number of esters is 2. The Hall–Kier alpha value is -4.70. The van der Waals surface area contributed by atoms with Gasteiger partial charge in [0.25, 0.3) is 5.91 Å². The fraction of sp³-hybridized carbons (Fsp3) is 0.630. The molecule has 0 aliphatic carbocycles. The second-order valence-electron chi connectivity index (χ2n) is 16.7. The molecular formula is C46H71N5O10S. The molecule has 0 spiro atoms. The zero-order valence-corrected chi connectivity index (χ0v) is 39.8. The highest BCUT2D eigenvalue weighted by Crippen LogP contribution is 2.26. The zero-order valence-electron chi connectivity index (χ0n) is 38.9. The SMILES string of the molecule is C/C=C(\C)[C@H]1OC(=O)[C@@H](C)NC(=O)[C@H](C(C)CC)NC(=O)CN(C)C(=O)[C@@H](Cc2ccccc2)N(C)C(=O)[C@H](C)NC(=O)[C@@H](CC(C)C)OC(=O)/C(C)=C/C[C@H](OCSC)[C@@H]1C. The highest BCUT2D eigenvalue weighted by atomic mass is 32.2. The number of carbonyl (C=O) groups excluding carboxylic acids is 7. The highest BCUT2D eigenvalue weighted by Gasteiger charge is 2.37. The lowest BCUT2D eigenvalue weighted by atomic mass is 9.90. The number of hydrogen-bond acceptors (Lipinski definition) is 11. The third kappa shape index (κ3) is 16.2. The first kappa shape index (κ1) is 53.4. The summed E-state index contributed by atoms with van der Waals surface area (Å²) in [5, 5.41) is 8.17. The van der Waals surface area contributed by atoms with Gasteiger partial charge in [0.2, 0.25) is 23.6 Å². The molecule has 3 N–H and O–H groups in total. The number of likely N-dealkylation sites (N-methyl/N-ethyl adjacent to an activating group) is 2. The summed E-state index contributed by atoms with van der Waals surface area (Å²) in [4.78, 5) is 99.0. The van der Waals surface area contributed by atoms with Crippen LogP contribution >= 0.6 is 11.8 Å². The van der Waals surface area contributed by atoms with Gasteiger partial charge in [0.05, 0.1) is 18.6 Å². The number of ether oxygens (including phenoxy) is 3. The van der Waals surface area contributed by atoms with Crippen LogP contribution in [-0.4, -0.2) is 127 Å². The Bertz CT molecular complexity index is 1750. The lowest BCUT2D eigenvalue weighted by Crippen LogP contribution is -2.57. The quantitative estimate of drug-likeness (QED) is 0.170. The van der Waals surface area contributed by atoms with Crippen LogP contribution in [0.2, 0.25) is 0 Å². The summed E-state index contributed by atoms with van der Waals surface area (Å²) in [6.45, 7) is 17.1. The van der Waals surface area contributed by atoms with Gasteiger partial charge >= 0.3 is 11.9 Å². The van der Waals surface area contributed by atoms with Crippen molar-refractivity contribution in [1.29, 1.82) is 0 Å². The van der Waals surface area contributed by atoms with Crippen LogP contribution in [0.4, 0.5) is 0 Å². The van der Waals surface area contributed by atoms with Crippen molar-refractivity contribution < 1.29 is 47.8 Å². The summed E-state index contributed by atoms with van der Waals surface area (Å²) < 4.78 is 18.1. The summed E-state index contributed by atoms with van der Waals surface area (Å²) in [5.74, 6) is -5.02. The molecule has 0 bridgehead atoms. The molecule has 0 aromatic heterocycles. The van der Waals surface area contributed by atoms with Crippen LogP contribution in [0.15, 0.2) is 53.6 Å². The fourth-order valence-corrected chi connectivity index (χ4v) is 7.22. The highest BCUT2D eigenvalue weighted by molar-refractivity contribution is 7.98. The second kappa shape index (κ2) is 26.0. The number of nitrogens with zero attached hydrogens (tertiary/aromatic N) is 2. The van der Waals surface area contributed by atoms with Crippen LogP contribution in [0.25, 0.3) is 0 Å². The summed E-state index contributed by atoms with van der Waals surface area (Å²) in [5.41, 5.74) is 1.71. The second-order valence-corrected chi connectivity index (χ2v) is 17.6. The van der Waals surface area contributed by atoms with E-state index in [4.69, 9.17) is 14.2 Å². The first-order valence-electron chi connectivity index (χ1n) is 21.4. The van der Waals surface area contributed by atoms with E-state index in [0.29, 0.717) is 12.4 Å². The van der Waals surface area contributed by atoms with Crippen molar-refractivity contribution in [2.45, 2.75) is 137 Å². The third-order valence-electron chi connectivity index (χ3n) is 11.2. The molecule has 1 heterocycles. The van der Waals surface area contributed by atoms with Crippen molar-refractivity contribution in [3.8, 4) is 0 Å². The predicted molar refractivity (Wildman–Crippen MR) is 240 cm³/mol. The Morgan fingerprint density at radius 1 is 0.919 bits per heavy atom. The van der Waals surface area contributed by atoms with Crippen molar-refractivity contribution in [2.24, 2.45) is 17.8 Å². The first-order valence-corrected chi connectivity index (χ1v) is 22.8. The third-order valence-corrected chi connectivity index (χ3v) is 11.6. The molecule has 2 rings (SSSR count). The van der Waals surface area contributed by atoms with Crippen LogP contribution in [0.5, 0.6) is 0 Å². The molecule has 1 aromatic carbocycles. The van der Waals surface area contributed by atoms with E-state index in [1.165, 1.54) is 49.5 Å². The van der Waals surface area contributed by atoms with Crippen LogP contribution in [0, 0.1) is 17.8 Å². The van der Waals surface area contributed by atoms with Crippen molar-refractivity contribution in [2.75, 3.05) is 32.8 Å². The summed E-state index contributed by atoms with van der Waals surface area (Å²) >= 11 is 1.46. The minimum absolute atomic E-state index is 0.0614. The summed E-state index contributed by atoms with van der Waals surface area (Å²) in [6, 6.07) is 4.65. The van der Waals surface area contributed by atoms with E-state index in [0.717, 1.165) is 11.1 Å². The maximum Gasteiger partial charge on any atom is 0.334 e. The molecule has 9 atom stereocenters. The molecule has 346 valence electrons. The first-order chi connectivity index (χ1) is 29.2. The van der Waals surface area contributed by atoms with E-state index in [9.17, 15) is 33.6 Å². The van der Waals surface area contributed by atoms with E-state index in [1.807, 2.05) is 72.1 Å². The molecule has 0 fully saturated rings. The van der Waals surface area contributed by atoms with Gasteiger partial charge in [-0.2, -0.15) is 0 Å². The zero-order chi connectivity index (χ0) is 46.8. The van der Waals surface area contributed by atoms with Gasteiger partial charge < -0.3 is 40.0 Å². The van der Waals surface area contributed by atoms with Gasteiger partial charge in [-0.3, -0.25) is 24.0 Å². The number of rotatable bonds is 10. The Labute approximate surface area is 372 Å². The van der Waals surface area contributed by atoms with E-state index in [2.05, 4.69) is 16.0 Å². The molecule has 1 aliphatic heterocycles. The summed E-state index contributed by atoms with van der Waals surface area (Å²) in [6.07, 6.45) is 3.83.